The molecule has 0 radical (unpaired) electrons. The van der Waals surface area contributed by atoms with Crippen molar-refractivity contribution in [1.82, 2.24) is 0 Å². The molecule has 0 aliphatic heterocycles. The van der Waals surface area contributed by atoms with Crippen molar-refractivity contribution in [2.75, 3.05) is 0 Å². The highest BCUT2D eigenvalue weighted by atomic mass is 31.1. The summed E-state index contributed by atoms with van der Waals surface area (Å²) >= 11 is 0. The fraction of sp³-hybridized carbons (Fsp3) is 0. The summed E-state index contributed by atoms with van der Waals surface area (Å²) < 4.78 is 3.80. The van der Waals surface area contributed by atoms with Crippen LogP contribution in [0.15, 0.2) is 34.8 Å². The Bertz CT molecular complexity index is 212. The Hall–Kier alpha value is -0.290. The summed E-state index contributed by atoms with van der Waals surface area (Å²) in [5, 5.41) is 1.11. The third kappa shape index (κ3) is 2.53. The standard InChI is InChI=1S/C6H7NOP2/c8-10-7-9-6-4-2-1-3-5-6/h1-5,8,10H. The van der Waals surface area contributed by atoms with Gasteiger partial charge in [0.25, 0.3) is 0 Å². The molecule has 10 heavy (non-hydrogen) atoms. The van der Waals surface area contributed by atoms with Gasteiger partial charge in [0.05, 0.1) is 0 Å². The smallest absolute Gasteiger partial charge is 0.139 e. The molecule has 0 heterocycles. The molecule has 0 saturated heterocycles. The van der Waals surface area contributed by atoms with Crippen LogP contribution in [0, 0.1) is 0 Å². The first-order chi connectivity index (χ1) is 4.93. The third-order valence-electron chi connectivity index (χ3n) is 0.966. The van der Waals surface area contributed by atoms with Crippen LogP contribution in [0.5, 0.6) is 0 Å². The lowest BCUT2D eigenvalue weighted by Gasteiger charge is -1.86. The van der Waals surface area contributed by atoms with Gasteiger partial charge in [-0.25, -0.2) is 4.52 Å². The molecule has 1 atom stereocenters. The zero-order chi connectivity index (χ0) is 7.23. The lowest BCUT2D eigenvalue weighted by atomic mass is 10.4. The van der Waals surface area contributed by atoms with E-state index in [1.165, 1.54) is 0 Å². The van der Waals surface area contributed by atoms with Crippen molar-refractivity contribution < 1.29 is 4.89 Å². The van der Waals surface area contributed by atoms with E-state index in [0.29, 0.717) is 0 Å². The Morgan fingerprint density at radius 1 is 1.30 bits per heavy atom. The molecule has 4 heteroatoms. The molecule has 1 unspecified atom stereocenters. The zero-order valence-corrected chi connectivity index (χ0v) is 7.12. The molecule has 0 aliphatic rings. The molecule has 52 valence electrons. The number of rotatable bonds is 2. The summed E-state index contributed by atoms with van der Waals surface area (Å²) in [5.74, 6) is 0. The lowest BCUT2D eigenvalue weighted by Crippen LogP contribution is -1.85. The second kappa shape index (κ2) is 4.51. The Kier molecular flexibility index (Phi) is 3.53. The van der Waals surface area contributed by atoms with Crippen LogP contribution < -0.4 is 5.30 Å². The SMILES string of the molecule is OPN=Pc1ccccc1. The highest BCUT2D eigenvalue weighted by Gasteiger charge is 1.81. The molecule has 0 saturated carbocycles. The van der Waals surface area contributed by atoms with Crippen molar-refractivity contribution >= 4 is 22.6 Å². The van der Waals surface area contributed by atoms with Crippen molar-refractivity contribution in [2.45, 2.75) is 0 Å². The van der Waals surface area contributed by atoms with E-state index >= 15 is 0 Å². The summed E-state index contributed by atoms with van der Waals surface area (Å²) in [6, 6.07) is 9.83. The van der Waals surface area contributed by atoms with Gasteiger partial charge in [-0.2, -0.15) is 0 Å². The van der Waals surface area contributed by atoms with Gasteiger partial charge in [-0.05, 0) is 12.1 Å². The fourth-order valence-electron chi connectivity index (χ4n) is 0.575. The normalized spacial score (nSPS) is 11.7. The Labute approximate surface area is 63.1 Å². The van der Waals surface area contributed by atoms with Crippen LogP contribution in [0.4, 0.5) is 0 Å². The van der Waals surface area contributed by atoms with Crippen molar-refractivity contribution in [1.29, 1.82) is 0 Å². The molecule has 0 bridgehead atoms. The first-order valence-electron chi connectivity index (χ1n) is 2.78. The quantitative estimate of drug-likeness (QED) is 0.677. The van der Waals surface area contributed by atoms with E-state index in [1.807, 2.05) is 30.3 Å². The van der Waals surface area contributed by atoms with Crippen molar-refractivity contribution in [3.8, 4) is 0 Å². The van der Waals surface area contributed by atoms with Gasteiger partial charge >= 0.3 is 0 Å². The van der Waals surface area contributed by atoms with Crippen LogP contribution in [0.3, 0.4) is 0 Å². The van der Waals surface area contributed by atoms with Gasteiger partial charge in [0.2, 0.25) is 0 Å². The van der Waals surface area contributed by atoms with Gasteiger partial charge in [-0.3, -0.25) is 0 Å². The molecular weight excluding hydrogens is 164 g/mol. The van der Waals surface area contributed by atoms with Crippen molar-refractivity contribution in [2.24, 2.45) is 4.52 Å². The van der Waals surface area contributed by atoms with Gasteiger partial charge in [-0.15, -0.1) is 0 Å². The van der Waals surface area contributed by atoms with Gasteiger partial charge < -0.3 is 4.89 Å². The first kappa shape index (κ1) is 7.81. The predicted molar refractivity (Wildman–Crippen MR) is 46.0 cm³/mol. The average molecular weight is 171 g/mol. The molecule has 0 aliphatic carbocycles. The van der Waals surface area contributed by atoms with Crippen LogP contribution in [0.1, 0.15) is 0 Å². The Morgan fingerprint density at radius 2 is 2.00 bits per heavy atom. The van der Waals surface area contributed by atoms with Gasteiger partial charge in [0, 0.05) is 13.7 Å². The van der Waals surface area contributed by atoms with Gasteiger partial charge in [0.15, 0.2) is 0 Å². The molecule has 0 aromatic heterocycles. The molecule has 0 fully saturated rings. The van der Waals surface area contributed by atoms with Crippen LogP contribution in [-0.2, 0) is 0 Å². The van der Waals surface area contributed by atoms with E-state index < -0.39 is 0 Å². The van der Waals surface area contributed by atoms with Gasteiger partial charge in [-0.1, -0.05) is 18.2 Å². The molecule has 1 aromatic rings. The van der Waals surface area contributed by atoms with E-state index in [9.17, 15) is 0 Å². The lowest BCUT2D eigenvalue weighted by molar-refractivity contribution is 0.648. The minimum Gasteiger partial charge on any atom is -0.356 e. The highest BCUT2D eigenvalue weighted by molar-refractivity contribution is 7.45. The minimum absolute atomic E-state index is 0.304. The minimum atomic E-state index is -0.304. The van der Waals surface area contributed by atoms with Crippen LogP contribution >= 0.6 is 17.3 Å². The third-order valence-corrected chi connectivity index (χ3v) is 2.25. The Morgan fingerprint density at radius 3 is 2.60 bits per heavy atom. The molecule has 0 spiro atoms. The van der Waals surface area contributed by atoms with E-state index in [4.69, 9.17) is 4.89 Å². The van der Waals surface area contributed by atoms with Crippen molar-refractivity contribution in [3.63, 3.8) is 0 Å². The topological polar surface area (TPSA) is 32.6 Å². The van der Waals surface area contributed by atoms with Crippen LogP contribution in [0.25, 0.3) is 0 Å². The summed E-state index contributed by atoms with van der Waals surface area (Å²) in [7, 11) is 0.546. The summed E-state index contributed by atoms with van der Waals surface area (Å²) in [5.41, 5.74) is 0. The second-order valence-electron chi connectivity index (χ2n) is 1.64. The summed E-state index contributed by atoms with van der Waals surface area (Å²) in [6.45, 7) is 0. The van der Waals surface area contributed by atoms with Gasteiger partial charge in [0.1, 0.15) is 8.96 Å². The molecule has 1 rings (SSSR count). The molecule has 0 amide bonds. The molecule has 1 aromatic carbocycles. The monoisotopic (exact) mass is 171 g/mol. The number of nitrogens with zero attached hydrogens (tertiary/aromatic N) is 1. The second-order valence-corrected chi connectivity index (χ2v) is 3.35. The predicted octanol–water partition coefficient (Wildman–Crippen LogP) is 1.94. The number of hydrogen-bond donors (Lipinski definition) is 1. The molecular formula is C6H7NOP2. The molecule has 2 nitrogen and oxygen atoms in total. The van der Waals surface area contributed by atoms with Crippen molar-refractivity contribution in [3.05, 3.63) is 30.3 Å². The number of hydrogen-bond acceptors (Lipinski definition) is 2. The van der Waals surface area contributed by atoms with Crippen LogP contribution in [-0.4, -0.2) is 4.89 Å². The zero-order valence-electron chi connectivity index (χ0n) is 5.23. The molecule has 1 N–H and O–H groups in total. The largest absolute Gasteiger partial charge is 0.356 e. The first-order valence-corrected chi connectivity index (χ1v) is 4.52. The van der Waals surface area contributed by atoms with Crippen LogP contribution in [0.2, 0.25) is 0 Å². The highest BCUT2D eigenvalue weighted by Crippen LogP contribution is 2.12. The maximum atomic E-state index is 8.38. The fourth-order valence-corrected chi connectivity index (χ4v) is 1.52. The summed E-state index contributed by atoms with van der Waals surface area (Å²) in [4.78, 5) is 8.38. The van der Waals surface area contributed by atoms with E-state index in [1.54, 1.807) is 0 Å². The summed E-state index contributed by atoms with van der Waals surface area (Å²) in [6.07, 6.45) is 0. The maximum Gasteiger partial charge on any atom is 0.139 e. The maximum absolute atomic E-state index is 8.38. The van der Waals surface area contributed by atoms with E-state index in [2.05, 4.69) is 4.52 Å². The van der Waals surface area contributed by atoms with E-state index in [0.717, 1.165) is 13.7 Å². The Balaban J connectivity index is 2.67. The average Bonchev–Trinajstić information content (AvgIpc) is 2.03. The van der Waals surface area contributed by atoms with E-state index in [-0.39, 0.29) is 8.96 Å². The number of benzene rings is 1.